The summed E-state index contributed by atoms with van der Waals surface area (Å²) >= 11 is 0. The number of carbonyl (C=O) groups is 1. The lowest BCUT2D eigenvalue weighted by atomic mass is 10.3. The van der Waals surface area contributed by atoms with Crippen molar-refractivity contribution in [1.82, 2.24) is 0 Å². The second kappa shape index (κ2) is 4.78. The molecule has 0 aliphatic heterocycles. The van der Waals surface area contributed by atoms with Gasteiger partial charge in [0.25, 0.3) is 0 Å². The van der Waals surface area contributed by atoms with Crippen molar-refractivity contribution >= 4 is 11.7 Å². The molecule has 0 amide bonds. The molecule has 4 heteroatoms. The largest absolute Gasteiger partial charge is 0.461 e. The quantitative estimate of drug-likeness (QED) is 0.276. The number of carbonyl (C=O) groups excluding carboxylic acids is 1. The van der Waals surface area contributed by atoms with Crippen molar-refractivity contribution in [2.75, 3.05) is 6.61 Å². The highest BCUT2D eigenvalue weighted by Gasteiger charge is 2.09. The van der Waals surface area contributed by atoms with Gasteiger partial charge in [-0.1, -0.05) is 12.1 Å². The van der Waals surface area contributed by atoms with E-state index in [-0.39, 0.29) is 5.71 Å². The number of ether oxygens (including phenoxy) is 1. The maximum atomic E-state index is 10.7. The van der Waals surface area contributed by atoms with Gasteiger partial charge in [-0.15, -0.1) is 0 Å². The van der Waals surface area contributed by atoms with Gasteiger partial charge in [-0.25, -0.2) is 4.79 Å². The van der Waals surface area contributed by atoms with Crippen LogP contribution in [-0.4, -0.2) is 23.5 Å². The molecule has 0 aromatic rings. The molecule has 0 rings (SSSR count). The molecule has 1 N–H and O–H groups in total. The van der Waals surface area contributed by atoms with Gasteiger partial charge in [0.05, 0.1) is 6.61 Å². The van der Waals surface area contributed by atoms with E-state index in [0.29, 0.717) is 13.0 Å². The van der Waals surface area contributed by atoms with Crippen LogP contribution >= 0.6 is 0 Å². The molecule has 58 valence electrons. The van der Waals surface area contributed by atoms with Gasteiger partial charge in [0.15, 0.2) is 5.71 Å². The van der Waals surface area contributed by atoms with Gasteiger partial charge >= 0.3 is 5.97 Å². The Balaban J connectivity index is 3.91. The van der Waals surface area contributed by atoms with Crippen molar-refractivity contribution in [3.8, 4) is 0 Å². The van der Waals surface area contributed by atoms with Crippen molar-refractivity contribution in [1.29, 1.82) is 0 Å². The number of oxime groups is 1. The first-order valence-electron chi connectivity index (χ1n) is 3.14. The van der Waals surface area contributed by atoms with Crippen LogP contribution in [0.1, 0.15) is 20.3 Å². The summed E-state index contributed by atoms with van der Waals surface area (Å²) in [5.41, 5.74) is 0.0573. The highest BCUT2D eigenvalue weighted by atomic mass is 16.5. The average molecular weight is 145 g/mol. The summed E-state index contributed by atoms with van der Waals surface area (Å²) < 4.78 is 4.56. The Hall–Kier alpha value is -1.06. The number of rotatable bonds is 3. The summed E-state index contributed by atoms with van der Waals surface area (Å²) in [5, 5.41) is 11.0. The molecular formula is C6H11NO3. The lowest BCUT2D eigenvalue weighted by Crippen LogP contribution is -2.16. The Bertz CT molecular complexity index is 142. The Morgan fingerprint density at radius 1 is 1.60 bits per heavy atom. The maximum absolute atomic E-state index is 10.7. The predicted molar refractivity (Wildman–Crippen MR) is 36.1 cm³/mol. The number of nitrogens with zero attached hydrogens (tertiary/aromatic N) is 1. The van der Waals surface area contributed by atoms with Crippen LogP contribution in [-0.2, 0) is 9.53 Å². The molecular weight excluding hydrogens is 134 g/mol. The molecule has 0 unspecified atom stereocenters. The van der Waals surface area contributed by atoms with Crippen LogP contribution in [0.5, 0.6) is 0 Å². The molecule has 0 bridgehead atoms. The third kappa shape index (κ3) is 2.48. The van der Waals surface area contributed by atoms with E-state index in [0.717, 1.165) is 0 Å². The molecule has 0 atom stereocenters. The van der Waals surface area contributed by atoms with Crippen LogP contribution in [0.4, 0.5) is 0 Å². The minimum atomic E-state index is -0.549. The van der Waals surface area contributed by atoms with Crippen LogP contribution < -0.4 is 0 Å². The summed E-state index contributed by atoms with van der Waals surface area (Å²) in [4.78, 5) is 10.7. The molecule has 0 radical (unpaired) electrons. The number of hydrogen-bond acceptors (Lipinski definition) is 4. The molecule has 10 heavy (non-hydrogen) atoms. The molecule has 0 aliphatic carbocycles. The van der Waals surface area contributed by atoms with E-state index < -0.39 is 5.97 Å². The second-order valence-corrected chi connectivity index (χ2v) is 1.62. The van der Waals surface area contributed by atoms with Gasteiger partial charge in [-0.2, -0.15) is 0 Å². The molecule has 0 saturated heterocycles. The van der Waals surface area contributed by atoms with E-state index in [1.54, 1.807) is 13.8 Å². The second-order valence-electron chi connectivity index (χ2n) is 1.62. The fourth-order valence-corrected chi connectivity index (χ4v) is 0.470. The van der Waals surface area contributed by atoms with Crippen molar-refractivity contribution in [2.24, 2.45) is 5.16 Å². The average Bonchev–Trinajstić information content (AvgIpc) is 1.91. The zero-order valence-corrected chi connectivity index (χ0v) is 6.13. The third-order valence-corrected chi connectivity index (χ3v) is 0.967. The lowest BCUT2D eigenvalue weighted by molar-refractivity contribution is -0.135. The lowest BCUT2D eigenvalue weighted by Gasteiger charge is -1.99. The third-order valence-electron chi connectivity index (χ3n) is 0.967. The van der Waals surface area contributed by atoms with Crippen molar-refractivity contribution in [3.05, 3.63) is 0 Å². The smallest absolute Gasteiger partial charge is 0.356 e. The SMILES string of the molecule is CCOC(=O)C(CC)=NO. The molecule has 0 fully saturated rings. The van der Waals surface area contributed by atoms with Crippen molar-refractivity contribution in [3.63, 3.8) is 0 Å². The normalized spacial score (nSPS) is 11.2. The van der Waals surface area contributed by atoms with E-state index in [4.69, 9.17) is 5.21 Å². The summed E-state index contributed by atoms with van der Waals surface area (Å²) in [5.74, 6) is -0.549. The van der Waals surface area contributed by atoms with E-state index in [9.17, 15) is 4.79 Å². The fraction of sp³-hybridized carbons (Fsp3) is 0.667. The first-order chi connectivity index (χ1) is 4.76. The Morgan fingerprint density at radius 2 is 2.20 bits per heavy atom. The molecule has 0 heterocycles. The molecule has 0 spiro atoms. The van der Waals surface area contributed by atoms with Crippen LogP contribution in [0.15, 0.2) is 5.16 Å². The number of esters is 1. The Labute approximate surface area is 59.5 Å². The summed E-state index contributed by atoms with van der Waals surface area (Å²) in [6.07, 6.45) is 0.384. The van der Waals surface area contributed by atoms with E-state index in [1.165, 1.54) is 0 Å². The summed E-state index contributed by atoms with van der Waals surface area (Å²) in [6.45, 7) is 3.71. The Kier molecular flexibility index (Phi) is 4.28. The first kappa shape index (κ1) is 8.94. The molecule has 0 aromatic heterocycles. The highest BCUT2D eigenvalue weighted by molar-refractivity contribution is 6.36. The van der Waals surface area contributed by atoms with Crippen LogP contribution in [0.3, 0.4) is 0 Å². The van der Waals surface area contributed by atoms with Crippen LogP contribution in [0.2, 0.25) is 0 Å². The molecule has 0 aromatic carbocycles. The fourth-order valence-electron chi connectivity index (χ4n) is 0.470. The summed E-state index contributed by atoms with van der Waals surface area (Å²) in [7, 11) is 0. The molecule has 0 aliphatic rings. The standard InChI is InChI=1S/C6H11NO3/c1-3-5(7-9)6(8)10-4-2/h9H,3-4H2,1-2H3. The van der Waals surface area contributed by atoms with Crippen LogP contribution in [0, 0.1) is 0 Å². The van der Waals surface area contributed by atoms with Crippen molar-refractivity contribution < 1.29 is 14.7 Å². The first-order valence-corrected chi connectivity index (χ1v) is 3.14. The minimum absolute atomic E-state index is 0.0573. The van der Waals surface area contributed by atoms with Gasteiger partial charge in [0, 0.05) is 0 Å². The Morgan fingerprint density at radius 3 is 2.50 bits per heavy atom. The highest BCUT2D eigenvalue weighted by Crippen LogP contribution is 1.88. The zero-order chi connectivity index (χ0) is 7.98. The van der Waals surface area contributed by atoms with Gasteiger partial charge in [0.1, 0.15) is 0 Å². The summed E-state index contributed by atoms with van der Waals surface area (Å²) in [6, 6.07) is 0. The van der Waals surface area contributed by atoms with E-state index >= 15 is 0 Å². The van der Waals surface area contributed by atoms with Gasteiger partial charge in [-0.05, 0) is 13.3 Å². The van der Waals surface area contributed by atoms with E-state index in [2.05, 4.69) is 9.89 Å². The molecule has 0 saturated carbocycles. The minimum Gasteiger partial charge on any atom is -0.461 e. The van der Waals surface area contributed by atoms with Crippen LogP contribution in [0.25, 0.3) is 0 Å². The van der Waals surface area contributed by atoms with Crippen molar-refractivity contribution in [2.45, 2.75) is 20.3 Å². The van der Waals surface area contributed by atoms with E-state index in [1.807, 2.05) is 0 Å². The van der Waals surface area contributed by atoms with Gasteiger partial charge < -0.3 is 9.94 Å². The predicted octanol–water partition coefficient (Wildman–Crippen LogP) is 0.790. The van der Waals surface area contributed by atoms with Gasteiger partial charge in [-0.3, -0.25) is 0 Å². The zero-order valence-electron chi connectivity index (χ0n) is 6.13. The number of hydrogen-bond donors (Lipinski definition) is 1. The van der Waals surface area contributed by atoms with Gasteiger partial charge in [0.2, 0.25) is 0 Å². The molecule has 4 nitrogen and oxygen atoms in total. The maximum Gasteiger partial charge on any atom is 0.356 e. The monoisotopic (exact) mass is 145 g/mol. The topological polar surface area (TPSA) is 58.9 Å².